The fraction of sp³-hybridized carbons (Fsp3) is 0.304. The maximum absolute atomic E-state index is 12.5. The first kappa shape index (κ1) is 21.4. The summed E-state index contributed by atoms with van der Waals surface area (Å²) in [4.78, 5) is 24.0. The fourth-order valence-electron chi connectivity index (χ4n) is 2.76. The summed E-state index contributed by atoms with van der Waals surface area (Å²) in [6.07, 6.45) is 0. The molecule has 2 aromatic carbocycles. The van der Waals surface area contributed by atoms with Gasteiger partial charge in [0, 0.05) is 5.39 Å². The lowest BCUT2D eigenvalue weighted by atomic mass is 10.2. The minimum absolute atomic E-state index is 0.0281. The number of carboxylic acids is 1. The van der Waals surface area contributed by atoms with Crippen LogP contribution in [0.5, 0.6) is 5.75 Å². The number of hydrogen-bond donors (Lipinski definition) is 2. The molecule has 30 heavy (non-hydrogen) atoms. The smallest absolute Gasteiger partial charge is 0.328 e. The predicted molar refractivity (Wildman–Crippen MR) is 112 cm³/mol. The van der Waals surface area contributed by atoms with Crippen LogP contribution in [0.4, 0.5) is 0 Å². The number of rotatable bonds is 10. The van der Waals surface area contributed by atoms with Gasteiger partial charge in [-0.3, -0.25) is 4.79 Å². The van der Waals surface area contributed by atoms with Gasteiger partial charge in [-0.05, 0) is 35.7 Å². The maximum atomic E-state index is 12.5. The lowest BCUT2D eigenvalue weighted by molar-refractivity contribution is -0.141. The van der Waals surface area contributed by atoms with E-state index >= 15 is 0 Å². The van der Waals surface area contributed by atoms with Crippen LogP contribution in [0.2, 0.25) is 0 Å². The Kier molecular flexibility index (Phi) is 7.08. The second-order valence-electron chi connectivity index (χ2n) is 7.38. The lowest BCUT2D eigenvalue weighted by Gasteiger charge is -2.14. The second-order valence-corrected chi connectivity index (χ2v) is 7.38. The van der Waals surface area contributed by atoms with Crippen molar-refractivity contribution in [3.05, 3.63) is 65.9 Å². The quantitative estimate of drug-likeness (QED) is 0.526. The van der Waals surface area contributed by atoms with Crippen molar-refractivity contribution in [3.8, 4) is 5.75 Å². The Morgan fingerprint density at radius 2 is 1.83 bits per heavy atom. The third-order valence-corrected chi connectivity index (χ3v) is 4.29. The molecule has 2 N–H and O–H groups in total. The zero-order valence-corrected chi connectivity index (χ0v) is 17.0. The van der Waals surface area contributed by atoms with E-state index in [1.807, 2.05) is 30.3 Å². The molecule has 1 heterocycles. The van der Waals surface area contributed by atoms with Crippen molar-refractivity contribution in [3.63, 3.8) is 0 Å². The molecule has 0 fully saturated rings. The van der Waals surface area contributed by atoms with Gasteiger partial charge in [0.25, 0.3) is 5.91 Å². The third kappa shape index (κ3) is 5.84. The molecule has 7 heteroatoms. The van der Waals surface area contributed by atoms with Crippen molar-refractivity contribution in [1.82, 2.24) is 5.32 Å². The van der Waals surface area contributed by atoms with Crippen LogP contribution in [-0.2, 0) is 16.1 Å². The van der Waals surface area contributed by atoms with Crippen molar-refractivity contribution in [2.45, 2.75) is 26.5 Å². The third-order valence-electron chi connectivity index (χ3n) is 4.29. The van der Waals surface area contributed by atoms with Gasteiger partial charge in [-0.15, -0.1) is 0 Å². The molecule has 3 rings (SSSR count). The summed E-state index contributed by atoms with van der Waals surface area (Å²) in [5, 5.41) is 12.6. The molecule has 1 amide bonds. The van der Waals surface area contributed by atoms with E-state index in [1.165, 1.54) is 0 Å². The van der Waals surface area contributed by atoms with E-state index in [-0.39, 0.29) is 19.0 Å². The van der Waals surface area contributed by atoms with Crippen LogP contribution in [-0.4, -0.2) is 36.2 Å². The second kappa shape index (κ2) is 9.93. The van der Waals surface area contributed by atoms with Crippen molar-refractivity contribution in [2.75, 3.05) is 13.2 Å². The van der Waals surface area contributed by atoms with E-state index < -0.39 is 17.9 Å². The summed E-state index contributed by atoms with van der Waals surface area (Å²) >= 11 is 0. The molecule has 0 spiro atoms. The number of fused-ring (bicyclic) bond motifs is 1. The number of amides is 1. The summed E-state index contributed by atoms with van der Waals surface area (Å²) in [5.74, 6) is -0.700. The number of benzene rings is 2. The Morgan fingerprint density at radius 1 is 1.07 bits per heavy atom. The molecule has 7 nitrogen and oxygen atoms in total. The van der Waals surface area contributed by atoms with E-state index in [2.05, 4.69) is 19.2 Å². The minimum atomic E-state index is -1.20. The molecule has 0 aliphatic rings. The highest BCUT2D eigenvalue weighted by Gasteiger charge is 2.23. The summed E-state index contributed by atoms with van der Waals surface area (Å²) in [6, 6.07) is 15.0. The number of furan rings is 1. The topological polar surface area (TPSA) is 98.0 Å². The monoisotopic (exact) mass is 411 g/mol. The summed E-state index contributed by atoms with van der Waals surface area (Å²) < 4.78 is 16.7. The number of nitrogens with one attached hydrogen (secondary N) is 1. The molecular weight excluding hydrogens is 386 g/mol. The molecule has 1 atom stereocenters. The normalized spacial score (nSPS) is 12.1. The van der Waals surface area contributed by atoms with Crippen LogP contribution < -0.4 is 10.1 Å². The highest BCUT2D eigenvalue weighted by molar-refractivity contribution is 5.98. The van der Waals surface area contributed by atoms with Gasteiger partial charge in [-0.1, -0.05) is 44.2 Å². The zero-order chi connectivity index (χ0) is 21.5. The van der Waals surface area contributed by atoms with E-state index in [9.17, 15) is 14.7 Å². The van der Waals surface area contributed by atoms with Gasteiger partial charge in [-0.25, -0.2) is 4.79 Å². The first-order valence-electron chi connectivity index (χ1n) is 9.74. The molecule has 0 radical (unpaired) electrons. The van der Waals surface area contributed by atoms with Gasteiger partial charge in [-0.2, -0.15) is 0 Å². The number of hydrogen-bond acceptors (Lipinski definition) is 5. The number of aliphatic carboxylic acids is 1. The van der Waals surface area contributed by atoms with Gasteiger partial charge >= 0.3 is 5.97 Å². The summed E-state index contributed by atoms with van der Waals surface area (Å²) in [7, 11) is 0. The van der Waals surface area contributed by atoms with Gasteiger partial charge in [0.15, 0.2) is 11.8 Å². The number of carbonyl (C=O) groups excluding carboxylic acids is 1. The van der Waals surface area contributed by atoms with Crippen LogP contribution in [0, 0.1) is 5.92 Å². The van der Waals surface area contributed by atoms with Crippen molar-refractivity contribution < 1.29 is 28.6 Å². The average Bonchev–Trinajstić information content (AvgIpc) is 3.15. The Morgan fingerprint density at radius 3 is 2.53 bits per heavy atom. The molecule has 1 aromatic heterocycles. The van der Waals surface area contributed by atoms with Gasteiger partial charge < -0.3 is 24.3 Å². The first-order chi connectivity index (χ1) is 14.4. The molecule has 0 aliphatic heterocycles. The van der Waals surface area contributed by atoms with E-state index in [4.69, 9.17) is 13.9 Å². The molecule has 0 saturated carbocycles. The summed E-state index contributed by atoms with van der Waals surface area (Å²) in [5.41, 5.74) is 1.44. The van der Waals surface area contributed by atoms with E-state index in [0.717, 1.165) is 5.56 Å². The zero-order valence-electron chi connectivity index (χ0n) is 17.0. The summed E-state index contributed by atoms with van der Waals surface area (Å²) in [6.45, 7) is 4.79. The van der Waals surface area contributed by atoms with Crippen LogP contribution in [0.1, 0.15) is 30.0 Å². The van der Waals surface area contributed by atoms with Crippen molar-refractivity contribution in [2.24, 2.45) is 5.92 Å². The maximum Gasteiger partial charge on any atom is 0.328 e. The molecule has 0 bridgehead atoms. The molecular formula is C23H25NO6. The molecule has 3 aromatic rings. The predicted octanol–water partition coefficient (Wildman–Crippen LogP) is 3.87. The van der Waals surface area contributed by atoms with E-state index in [1.54, 1.807) is 24.3 Å². The van der Waals surface area contributed by atoms with Crippen LogP contribution in [0.25, 0.3) is 11.0 Å². The Labute approximate surface area is 174 Å². The molecule has 158 valence electrons. The number of carboxylic acid groups (broad SMARTS) is 1. The highest BCUT2D eigenvalue weighted by atomic mass is 16.5. The standard InChI is InChI=1S/C23H25NO6/c1-15(2)12-29-18-8-9-20-17(10-18)11-21(30-20)22(25)24-19(23(26)27)14-28-13-16-6-4-3-5-7-16/h3-11,15,19H,12-14H2,1-2H3,(H,24,25)(H,26,27). The molecule has 1 unspecified atom stereocenters. The van der Waals surface area contributed by atoms with Gasteiger partial charge in [0.1, 0.15) is 11.3 Å². The first-order valence-corrected chi connectivity index (χ1v) is 9.74. The Hall–Kier alpha value is -3.32. The molecule has 0 aliphatic carbocycles. The van der Waals surface area contributed by atoms with Gasteiger partial charge in [0.2, 0.25) is 0 Å². The largest absolute Gasteiger partial charge is 0.493 e. The fourth-order valence-corrected chi connectivity index (χ4v) is 2.76. The Balaban J connectivity index is 1.62. The van der Waals surface area contributed by atoms with Gasteiger partial charge in [0.05, 0.1) is 19.8 Å². The molecule has 0 saturated heterocycles. The van der Waals surface area contributed by atoms with Crippen LogP contribution in [0.15, 0.2) is 59.0 Å². The van der Waals surface area contributed by atoms with Crippen LogP contribution in [0.3, 0.4) is 0 Å². The number of carbonyl (C=O) groups is 2. The average molecular weight is 411 g/mol. The van der Waals surface area contributed by atoms with E-state index in [0.29, 0.717) is 29.2 Å². The van der Waals surface area contributed by atoms with Crippen molar-refractivity contribution in [1.29, 1.82) is 0 Å². The number of ether oxygens (including phenoxy) is 2. The van der Waals surface area contributed by atoms with Crippen LogP contribution >= 0.6 is 0 Å². The Bertz CT molecular complexity index is 995. The lowest BCUT2D eigenvalue weighted by Crippen LogP contribution is -2.43. The minimum Gasteiger partial charge on any atom is -0.493 e. The van der Waals surface area contributed by atoms with Crippen molar-refractivity contribution >= 4 is 22.8 Å². The highest BCUT2D eigenvalue weighted by Crippen LogP contribution is 2.24. The SMILES string of the molecule is CC(C)COc1ccc2oc(C(=O)NC(COCc3ccccc3)C(=O)O)cc2c1.